The molecule has 0 heterocycles. The van der Waals surface area contributed by atoms with Crippen LogP contribution in [-0.2, 0) is 14.3 Å². The molecular weight excluding hydrogens is 356 g/mol. The van der Waals surface area contributed by atoms with Gasteiger partial charge in [-0.2, -0.15) is 5.26 Å². The number of carbonyl (C=O) groups is 2. The van der Waals surface area contributed by atoms with E-state index < -0.39 is 17.6 Å². The van der Waals surface area contributed by atoms with Crippen LogP contribution in [0.2, 0.25) is 0 Å². The highest BCUT2D eigenvalue weighted by Gasteiger charge is 2.40. The number of amides is 1. The Morgan fingerprint density at radius 1 is 1.18 bits per heavy atom. The van der Waals surface area contributed by atoms with Crippen LogP contribution < -0.4 is 4.74 Å². The molecule has 1 atom stereocenters. The molecule has 0 N–H and O–H groups in total. The van der Waals surface area contributed by atoms with E-state index in [4.69, 9.17) is 9.47 Å². The summed E-state index contributed by atoms with van der Waals surface area (Å²) in [5.41, 5.74) is 2.22. The van der Waals surface area contributed by atoms with E-state index in [1.165, 1.54) is 11.8 Å². The van der Waals surface area contributed by atoms with Crippen molar-refractivity contribution in [3.05, 3.63) is 28.8 Å². The number of benzene rings is 1. The first kappa shape index (κ1) is 21.7. The second-order valence-corrected chi connectivity index (χ2v) is 7.75. The number of rotatable bonds is 6. The Morgan fingerprint density at radius 2 is 1.75 bits per heavy atom. The predicted molar refractivity (Wildman–Crippen MR) is 106 cm³/mol. The van der Waals surface area contributed by atoms with E-state index in [9.17, 15) is 14.9 Å². The molecule has 1 aliphatic carbocycles. The Balaban J connectivity index is 1.94. The maximum absolute atomic E-state index is 12.7. The lowest BCUT2D eigenvalue weighted by atomic mass is 9.81. The number of hydrogen-bond donors (Lipinski definition) is 0. The van der Waals surface area contributed by atoms with Crippen LogP contribution in [0.15, 0.2) is 12.1 Å². The average Bonchev–Trinajstić information content (AvgIpc) is 2.66. The number of nitrogens with zero attached hydrogens (tertiary/aromatic N) is 2. The molecule has 2 rings (SSSR count). The number of nitriles is 1. The third-order valence-corrected chi connectivity index (χ3v) is 5.46. The third-order valence-electron chi connectivity index (χ3n) is 5.46. The minimum absolute atomic E-state index is 0.268. The molecule has 1 aromatic rings. The van der Waals surface area contributed by atoms with E-state index in [1.807, 2.05) is 32.9 Å². The van der Waals surface area contributed by atoms with Crippen molar-refractivity contribution in [2.24, 2.45) is 0 Å². The standard InChI is InChI=1S/C22H30N2O4/c1-15-11-16(2)20(17(3)12-15)27-13-19(25)28-18(4)21(26)24(5)22(14-23)9-7-6-8-10-22/h11-12,18H,6-10,13H2,1-5H3/t18-/m1/s1. The normalized spacial score (nSPS) is 16.6. The summed E-state index contributed by atoms with van der Waals surface area (Å²) in [7, 11) is 1.62. The molecule has 6 heteroatoms. The predicted octanol–water partition coefficient (Wildman–Crippen LogP) is 3.61. The average molecular weight is 386 g/mol. The second-order valence-electron chi connectivity index (χ2n) is 7.75. The quantitative estimate of drug-likeness (QED) is 0.698. The highest BCUT2D eigenvalue weighted by atomic mass is 16.6. The molecule has 0 unspecified atom stereocenters. The van der Waals surface area contributed by atoms with Crippen LogP contribution in [0.4, 0.5) is 0 Å². The topological polar surface area (TPSA) is 79.6 Å². The van der Waals surface area contributed by atoms with E-state index in [0.29, 0.717) is 18.6 Å². The molecule has 0 bridgehead atoms. The monoisotopic (exact) mass is 386 g/mol. The molecule has 0 aliphatic heterocycles. The van der Waals surface area contributed by atoms with Gasteiger partial charge >= 0.3 is 5.97 Å². The number of aryl methyl sites for hydroxylation is 3. The van der Waals surface area contributed by atoms with Gasteiger partial charge in [-0.05, 0) is 51.7 Å². The third kappa shape index (κ3) is 4.83. The lowest BCUT2D eigenvalue weighted by Gasteiger charge is -2.39. The van der Waals surface area contributed by atoms with Crippen LogP contribution in [0.1, 0.15) is 55.7 Å². The first-order chi connectivity index (χ1) is 13.2. The van der Waals surface area contributed by atoms with Crippen LogP contribution in [0.3, 0.4) is 0 Å². The highest BCUT2D eigenvalue weighted by molar-refractivity contribution is 5.84. The van der Waals surface area contributed by atoms with E-state index in [-0.39, 0.29) is 12.5 Å². The molecule has 1 aromatic carbocycles. The van der Waals surface area contributed by atoms with Crippen LogP contribution >= 0.6 is 0 Å². The minimum atomic E-state index is -0.964. The zero-order valence-electron chi connectivity index (χ0n) is 17.5. The minimum Gasteiger partial charge on any atom is -0.481 e. The summed E-state index contributed by atoms with van der Waals surface area (Å²) in [6.07, 6.45) is 3.26. The summed E-state index contributed by atoms with van der Waals surface area (Å²) < 4.78 is 10.9. The van der Waals surface area contributed by atoms with Crippen LogP contribution in [0, 0.1) is 32.1 Å². The van der Waals surface area contributed by atoms with Crippen molar-refractivity contribution in [3.63, 3.8) is 0 Å². The zero-order chi connectivity index (χ0) is 20.9. The fourth-order valence-corrected chi connectivity index (χ4v) is 3.95. The molecule has 6 nitrogen and oxygen atoms in total. The van der Waals surface area contributed by atoms with Gasteiger partial charge in [0.25, 0.3) is 5.91 Å². The fourth-order valence-electron chi connectivity index (χ4n) is 3.95. The molecule has 0 aromatic heterocycles. The number of esters is 1. The fraction of sp³-hybridized carbons (Fsp3) is 0.591. The Hall–Kier alpha value is -2.55. The number of likely N-dealkylation sites (N-methyl/N-ethyl adjacent to an activating group) is 1. The van der Waals surface area contributed by atoms with Gasteiger partial charge in [-0.15, -0.1) is 0 Å². The van der Waals surface area contributed by atoms with Gasteiger partial charge in [-0.3, -0.25) is 4.79 Å². The first-order valence-corrected chi connectivity index (χ1v) is 9.79. The van der Waals surface area contributed by atoms with E-state index in [1.54, 1.807) is 7.05 Å². The number of hydrogen-bond acceptors (Lipinski definition) is 5. The number of ether oxygens (including phenoxy) is 2. The molecule has 152 valence electrons. The molecule has 0 saturated heterocycles. The summed E-state index contributed by atoms with van der Waals surface area (Å²) in [4.78, 5) is 26.4. The van der Waals surface area contributed by atoms with Crippen LogP contribution in [0.25, 0.3) is 0 Å². The Bertz CT molecular complexity index is 752. The molecule has 1 fully saturated rings. The summed E-state index contributed by atoms with van der Waals surface area (Å²) in [6, 6.07) is 6.28. The molecule has 1 saturated carbocycles. The largest absolute Gasteiger partial charge is 0.481 e. The maximum atomic E-state index is 12.7. The van der Waals surface area contributed by atoms with Gasteiger partial charge in [-0.1, -0.05) is 37.0 Å². The van der Waals surface area contributed by atoms with Crippen molar-refractivity contribution < 1.29 is 19.1 Å². The summed E-state index contributed by atoms with van der Waals surface area (Å²) in [5.74, 6) is -0.313. The van der Waals surface area contributed by atoms with E-state index in [2.05, 4.69) is 6.07 Å². The van der Waals surface area contributed by atoms with E-state index >= 15 is 0 Å². The molecule has 1 amide bonds. The number of carbonyl (C=O) groups excluding carboxylic acids is 2. The van der Waals surface area contributed by atoms with Gasteiger partial charge in [0.2, 0.25) is 0 Å². The Morgan fingerprint density at radius 3 is 2.29 bits per heavy atom. The SMILES string of the molecule is Cc1cc(C)c(OCC(=O)O[C@H](C)C(=O)N(C)C2(C#N)CCCCC2)c(C)c1. The van der Waals surface area contributed by atoms with Crippen LogP contribution in [-0.4, -0.2) is 42.1 Å². The van der Waals surface area contributed by atoms with Crippen molar-refractivity contribution in [3.8, 4) is 11.8 Å². The van der Waals surface area contributed by atoms with Crippen molar-refractivity contribution in [2.75, 3.05) is 13.7 Å². The van der Waals surface area contributed by atoms with Gasteiger partial charge in [-0.25, -0.2) is 4.79 Å². The van der Waals surface area contributed by atoms with Gasteiger partial charge in [0, 0.05) is 7.05 Å². The lowest BCUT2D eigenvalue weighted by molar-refractivity contribution is -0.162. The first-order valence-electron chi connectivity index (χ1n) is 9.79. The van der Waals surface area contributed by atoms with Crippen LogP contribution in [0.5, 0.6) is 5.75 Å². The molecular formula is C22H30N2O4. The van der Waals surface area contributed by atoms with Crippen molar-refractivity contribution >= 4 is 11.9 Å². The summed E-state index contributed by atoms with van der Waals surface area (Å²) in [6.45, 7) is 7.12. The highest BCUT2D eigenvalue weighted by Crippen LogP contribution is 2.33. The second kappa shape index (κ2) is 9.09. The zero-order valence-corrected chi connectivity index (χ0v) is 17.5. The van der Waals surface area contributed by atoms with Gasteiger partial charge in [0.05, 0.1) is 6.07 Å². The van der Waals surface area contributed by atoms with Gasteiger partial charge in [0.15, 0.2) is 12.7 Å². The summed E-state index contributed by atoms with van der Waals surface area (Å²) >= 11 is 0. The van der Waals surface area contributed by atoms with Crippen molar-refractivity contribution in [2.45, 2.75) is 71.4 Å². The molecule has 0 radical (unpaired) electrons. The van der Waals surface area contributed by atoms with Gasteiger partial charge < -0.3 is 14.4 Å². The molecule has 0 spiro atoms. The Labute approximate surface area is 167 Å². The van der Waals surface area contributed by atoms with Crippen molar-refractivity contribution in [1.29, 1.82) is 5.26 Å². The summed E-state index contributed by atoms with van der Waals surface area (Å²) in [5, 5.41) is 9.63. The van der Waals surface area contributed by atoms with E-state index in [0.717, 1.165) is 36.0 Å². The van der Waals surface area contributed by atoms with Gasteiger partial charge in [0.1, 0.15) is 11.3 Å². The smallest absolute Gasteiger partial charge is 0.344 e. The maximum Gasteiger partial charge on any atom is 0.344 e. The Kier molecular flexibility index (Phi) is 7.06. The molecule has 1 aliphatic rings. The lowest BCUT2D eigenvalue weighted by Crippen LogP contribution is -2.53. The van der Waals surface area contributed by atoms with Crippen molar-refractivity contribution in [1.82, 2.24) is 4.90 Å². The molecule has 28 heavy (non-hydrogen) atoms.